The van der Waals surface area contributed by atoms with Crippen LogP contribution in [0.25, 0.3) is 6.08 Å². The fraction of sp³-hybridized carbons (Fsp3) is 0.208. The second kappa shape index (κ2) is 8.12. The number of benzene rings is 2. The van der Waals surface area contributed by atoms with Crippen LogP contribution in [0.5, 0.6) is 11.5 Å². The van der Waals surface area contributed by atoms with Crippen molar-refractivity contribution in [2.45, 2.75) is 19.9 Å². The summed E-state index contributed by atoms with van der Waals surface area (Å²) >= 11 is 1.30. The zero-order valence-electron chi connectivity index (χ0n) is 17.5. The summed E-state index contributed by atoms with van der Waals surface area (Å²) in [5.74, 6) is 0.712. The van der Waals surface area contributed by atoms with Crippen LogP contribution in [0.2, 0.25) is 0 Å². The van der Waals surface area contributed by atoms with E-state index in [0.29, 0.717) is 32.1 Å². The molecule has 0 amide bonds. The molecule has 0 fully saturated rings. The molecule has 7 nitrogen and oxygen atoms in total. The van der Waals surface area contributed by atoms with Gasteiger partial charge in [-0.25, -0.2) is 9.79 Å². The lowest BCUT2D eigenvalue weighted by atomic mass is 9.95. The largest absolute Gasteiger partial charge is 0.463 e. The highest BCUT2D eigenvalue weighted by Gasteiger charge is 2.34. The molecule has 1 unspecified atom stereocenters. The molecular weight excluding hydrogens is 428 g/mol. The van der Waals surface area contributed by atoms with Crippen molar-refractivity contribution in [1.82, 2.24) is 4.57 Å². The zero-order valence-corrected chi connectivity index (χ0v) is 18.3. The molecular formula is C24H20N2O5S. The molecule has 8 heteroatoms. The summed E-state index contributed by atoms with van der Waals surface area (Å²) in [4.78, 5) is 31.6. The SMILES string of the molecule is CCOC(=O)C1=C(C)N=c2sc(=Cc3ccccc3)c(=O)n2C1c1ccc2c(c1)OCO2. The Bertz CT molecular complexity index is 1420. The third-order valence-electron chi connectivity index (χ3n) is 5.33. The van der Waals surface area contributed by atoms with Crippen LogP contribution >= 0.6 is 11.3 Å². The minimum absolute atomic E-state index is 0.137. The Balaban J connectivity index is 1.73. The van der Waals surface area contributed by atoms with Crippen molar-refractivity contribution in [2.75, 3.05) is 13.4 Å². The van der Waals surface area contributed by atoms with Gasteiger partial charge in [-0.2, -0.15) is 0 Å². The Morgan fingerprint density at radius 3 is 2.78 bits per heavy atom. The first kappa shape index (κ1) is 20.3. The van der Waals surface area contributed by atoms with Gasteiger partial charge in [-0.3, -0.25) is 9.36 Å². The van der Waals surface area contributed by atoms with E-state index < -0.39 is 12.0 Å². The highest BCUT2D eigenvalue weighted by molar-refractivity contribution is 7.07. The normalized spacial score (nSPS) is 17.2. The van der Waals surface area contributed by atoms with Gasteiger partial charge in [0.05, 0.1) is 28.5 Å². The molecule has 3 heterocycles. The average Bonchev–Trinajstić information content (AvgIpc) is 3.37. The van der Waals surface area contributed by atoms with Gasteiger partial charge in [0.15, 0.2) is 16.3 Å². The number of hydrogen-bond acceptors (Lipinski definition) is 7. The van der Waals surface area contributed by atoms with Gasteiger partial charge in [0.1, 0.15) is 0 Å². The Kier molecular flexibility index (Phi) is 5.14. The Labute approximate surface area is 187 Å². The summed E-state index contributed by atoms with van der Waals surface area (Å²) in [5.41, 5.74) is 2.29. The molecule has 0 N–H and O–H groups in total. The van der Waals surface area contributed by atoms with Gasteiger partial charge >= 0.3 is 5.97 Å². The van der Waals surface area contributed by atoms with E-state index in [4.69, 9.17) is 14.2 Å². The van der Waals surface area contributed by atoms with E-state index in [0.717, 1.165) is 11.1 Å². The summed E-state index contributed by atoms with van der Waals surface area (Å²) in [6.45, 7) is 3.87. The molecule has 162 valence electrons. The number of aromatic nitrogens is 1. The average molecular weight is 449 g/mol. The van der Waals surface area contributed by atoms with E-state index in [1.807, 2.05) is 42.5 Å². The van der Waals surface area contributed by atoms with E-state index >= 15 is 0 Å². The molecule has 2 aliphatic heterocycles. The quantitative estimate of drug-likeness (QED) is 0.573. The lowest BCUT2D eigenvalue weighted by Crippen LogP contribution is -2.39. The fourth-order valence-corrected chi connectivity index (χ4v) is 4.94. The van der Waals surface area contributed by atoms with E-state index in [1.165, 1.54) is 11.3 Å². The summed E-state index contributed by atoms with van der Waals surface area (Å²) in [6.07, 6.45) is 1.84. The number of carbonyl (C=O) groups excluding carboxylic acids is 1. The lowest BCUT2D eigenvalue weighted by molar-refractivity contribution is -0.139. The lowest BCUT2D eigenvalue weighted by Gasteiger charge is -2.24. The molecule has 0 spiro atoms. The Morgan fingerprint density at radius 1 is 1.22 bits per heavy atom. The number of allylic oxidation sites excluding steroid dienone is 1. The molecule has 1 atom stereocenters. The molecule has 2 aromatic carbocycles. The van der Waals surface area contributed by atoms with E-state index in [9.17, 15) is 9.59 Å². The summed E-state index contributed by atoms with van der Waals surface area (Å²) in [5, 5.41) is 0. The standard InChI is InChI=1S/C24H20N2O5S/c1-3-29-23(28)20-14(2)25-24-26(21(20)16-9-10-17-18(12-16)31-13-30-17)22(27)19(32-24)11-15-7-5-4-6-8-15/h4-12,21H,3,13H2,1-2H3. The maximum atomic E-state index is 13.5. The number of esters is 1. The van der Waals surface area contributed by atoms with Gasteiger partial charge in [-0.15, -0.1) is 0 Å². The molecule has 2 aliphatic rings. The summed E-state index contributed by atoms with van der Waals surface area (Å²) in [6, 6.07) is 14.4. The van der Waals surface area contributed by atoms with Crippen molar-refractivity contribution < 1.29 is 19.0 Å². The topological polar surface area (TPSA) is 79.1 Å². The van der Waals surface area contributed by atoms with Crippen LogP contribution in [0.15, 0.2) is 69.6 Å². The van der Waals surface area contributed by atoms with Crippen molar-refractivity contribution in [1.29, 1.82) is 0 Å². The van der Waals surface area contributed by atoms with Gasteiger partial charge in [0.25, 0.3) is 5.56 Å². The second-order valence-corrected chi connectivity index (χ2v) is 8.33. The highest BCUT2D eigenvalue weighted by Crippen LogP contribution is 2.38. The van der Waals surface area contributed by atoms with Crippen LogP contribution in [0.1, 0.15) is 31.0 Å². The predicted molar refractivity (Wildman–Crippen MR) is 119 cm³/mol. The maximum Gasteiger partial charge on any atom is 0.338 e. The summed E-state index contributed by atoms with van der Waals surface area (Å²) < 4.78 is 18.4. The first-order chi connectivity index (χ1) is 15.6. The smallest absolute Gasteiger partial charge is 0.338 e. The van der Waals surface area contributed by atoms with Crippen LogP contribution in [0.3, 0.4) is 0 Å². The van der Waals surface area contributed by atoms with Crippen molar-refractivity contribution in [3.63, 3.8) is 0 Å². The first-order valence-electron chi connectivity index (χ1n) is 10.2. The number of carbonyl (C=O) groups is 1. The van der Waals surface area contributed by atoms with Crippen molar-refractivity contribution in [3.8, 4) is 11.5 Å². The third kappa shape index (κ3) is 3.42. The molecule has 0 saturated carbocycles. The molecule has 3 aromatic rings. The van der Waals surface area contributed by atoms with E-state index in [1.54, 1.807) is 30.5 Å². The molecule has 0 bridgehead atoms. The number of thiazole rings is 1. The Morgan fingerprint density at radius 2 is 2.00 bits per heavy atom. The number of ether oxygens (including phenoxy) is 3. The van der Waals surface area contributed by atoms with Gasteiger partial charge < -0.3 is 14.2 Å². The van der Waals surface area contributed by atoms with Gasteiger partial charge in [0.2, 0.25) is 6.79 Å². The maximum absolute atomic E-state index is 13.5. The minimum atomic E-state index is -0.683. The number of nitrogens with zero attached hydrogens (tertiary/aromatic N) is 2. The highest BCUT2D eigenvalue weighted by atomic mass is 32.1. The first-order valence-corrected chi connectivity index (χ1v) is 11.0. The van der Waals surface area contributed by atoms with Crippen LogP contribution < -0.4 is 24.4 Å². The monoisotopic (exact) mass is 448 g/mol. The number of rotatable bonds is 4. The number of fused-ring (bicyclic) bond motifs is 2. The molecule has 1 aromatic heterocycles. The van der Waals surface area contributed by atoms with Crippen molar-refractivity contribution >= 4 is 23.4 Å². The van der Waals surface area contributed by atoms with Crippen LogP contribution in [-0.2, 0) is 9.53 Å². The Hall–Kier alpha value is -3.65. The van der Waals surface area contributed by atoms with Crippen LogP contribution in [-0.4, -0.2) is 23.9 Å². The van der Waals surface area contributed by atoms with Gasteiger partial charge in [-0.05, 0) is 43.2 Å². The van der Waals surface area contributed by atoms with E-state index in [2.05, 4.69) is 4.99 Å². The fourth-order valence-electron chi connectivity index (χ4n) is 3.89. The molecule has 5 rings (SSSR count). The van der Waals surface area contributed by atoms with Crippen molar-refractivity contribution in [2.24, 2.45) is 4.99 Å². The van der Waals surface area contributed by atoms with E-state index in [-0.39, 0.29) is 19.0 Å². The molecule has 32 heavy (non-hydrogen) atoms. The van der Waals surface area contributed by atoms with Crippen LogP contribution in [0.4, 0.5) is 0 Å². The van der Waals surface area contributed by atoms with Gasteiger partial charge in [0, 0.05) is 0 Å². The predicted octanol–water partition coefficient (Wildman–Crippen LogP) is 2.53. The zero-order chi connectivity index (χ0) is 22.2. The second-order valence-electron chi connectivity index (χ2n) is 7.33. The molecule has 0 saturated heterocycles. The van der Waals surface area contributed by atoms with Crippen LogP contribution in [0, 0.1) is 0 Å². The molecule has 0 radical (unpaired) electrons. The molecule has 0 aliphatic carbocycles. The van der Waals surface area contributed by atoms with Crippen molar-refractivity contribution in [3.05, 3.63) is 90.6 Å². The van der Waals surface area contributed by atoms with Gasteiger partial charge in [-0.1, -0.05) is 47.7 Å². The number of hydrogen-bond donors (Lipinski definition) is 0. The third-order valence-corrected chi connectivity index (χ3v) is 6.31. The summed E-state index contributed by atoms with van der Waals surface area (Å²) in [7, 11) is 0. The minimum Gasteiger partial charge on any atom is -0.463 e.